The first-order valence-electron chi connectivity index (χ1n) is 8.66. The van der Waals surface area contributed by atoms with E-state index in [1.54, 1.807) is 12.1 Å². The smallest absolute Gasteiger partial charge is 0.178 e. The molecule has 0 amide bonds. The third-order valence-electron chi connectivity index (χ3n) is 4.85. The van der Waals surface area contributed by atoms with Crippen molar-refractivity contribution in [2.24, 2.45) is 0 Å². The van der Waals surface area contributed by atoms with Crippen LogP contribution in [0, 0.1) is 0 Å². The standard InChI is InChI=1S/C18H19N5O2/c24-14-3-1-2-13(10-14)15-11-22(8-9-25-15)17-7-6-16-19-20-18(12-4-5-12)23(16)21-17/h1-3,6-7,10,12,15,24H,4-5,8-9,11H2/t15-/m0/s1. The van der Waals surface area contributed by atoms with Crippen LogP contribution in [0.15, 0.2) is 36.4 Å². The number of nitrogens with zero attached hydrogens (tertiary/aromatic N) is 5. The van der Waals surface area contributed by atoms with E-state index in [4.69, 9.17) is 9.84 Å². The summed E-state index contributed by atoms with van der Waals surface area (Å²) in [4.78, 5) is 2.22. The van der Waals surface area contributed by atoms with Gasteiger partial charge in [0, 0.05) is 19.0 Å². The van der Waals surface area contributed by atoms with Crippen LogP contribution in [-0.2, 0) is 4.74 Å². The summed E-state index contributed by atoms with van der Waals surface area (Å²) in [7, 11) is 0. The summed E-state index contributed by atoms with van der Waals surface area (Å²) in [6, 6.07) is 11.2. The van der Waals surface area contributed by atoms with Crippen molar-refractivity contribution in [3.63, 3.8) is 0 Å². The fraction of sp³-hybridized carbons (Fsp3) is 0.389. The lowest BCUT2D eigenvalue weighted by Crippen LogP contribution is -2.39. The van der Waals surface area contributed by atoms with Gasteiger partial charge in [0.15, 0.2) is 11.5 Å². The van der Waals surface area contributed by atoms with Gasteiger partial charge in [-0.2, -0.15) is 4.52 Å². The molecule has 1 N–H and O–H groups in total. The molecule has 1 saturated heterocycles. The van der Waals surface area contributed by atoms with Crippen LogP contribution in [0.5, 0.6) is 5.75 Å². The van der Waals surface area contributed by atoms with Crippen molar-refractivity contribution in [2.75, 3.05) is 24.6 Å². The number of rotatable bonds is 3. The third kappa shape index (κ3) is 2.70. The maximum atomic E-state index is 9.71. The van der Waals surface area contributed by atoms with E-state index in [0.29, 0.717) is 19.1 Å². The van der Waals surface area contributed by atoms with Crippen molar-refractivity contribution in [1.82, 2.24) is 19.8 Å². The first-order chi connectivity index (χ1) is 12.3. The Morgan fingerprint density at radius 2 is 2.04 bits per heavy atom. The number of morpholine rings is 1. The lowest BCUT2D eigenvalue weighted by molar-refractivity contribution is 0.0393. The Bertz CT molecular complexity index is 921. The van der Waals surface area contributed by atoms with Gasteiger partial charge in [-0.1, -0.05) is 12.1 Å². The molecule has 3 aromatic rings. The molecule has 3 heterocycles. The molecule has 1 aliphatic heterocycles. The van der Waals surface area contributed by atoms with E-state index in [9.17, 15) is 5.11 Å². The van der Waals surface area contributed by atoms with Crippen LogP contribution in [-0.4, -0.2) is 44.6 Å². The van der Waals surface area contributed by atoms with Gasteiger partial charge in [-0.05, 0) is 42.7 Å². The van der Waals surface area contributed by atoms with Gasteiger partial charge in [0.05, 0.1) is 6.61 Å². The molecule has 0 bridgehead atoms. The van der Waals surface area contributed by atoms with Gasteiger partial charge in [0.1, 0.15) is 17.7 Å². The number of phenols is 1. The molecule has 1 saturated carbocycles. The Morgan fingerprint density at radius 1 is 1.12 bits per heavy atom. The Hall–Kier alpha value is -2.67. The molecule has 2 fully saturated rings. The van der Waals surface area contributed by atoms with Crippen LogP contribution < -0.4 is 4.90 Å². The van der Waals surface area contributed by atoms with Gasteiger partial charge in [0.2, 0.25) is 0 Å². The van der Waals surface area contributed by atoms with Crippen molar-refractivity contribution in [3.8, 4) is 5.75 Å². The highest BCUT2D eigenvalue weighted by Gasteiger charge is 2.30. The molecule has 0 radical (unpaired) electrons. The van der Waals surface area contributed by atoms with Crippen molar-refractivity contribution in [3.05, 3.63) is 47.8 Å². The fourth-order valence-electron chi connectivity index (χ4n) is 3.34. The number of benzene rings is 1. The zero-order valence-electron chi connectivity index (χ0n) is 13.7. The first-order valence-corrected chi connectivity index (χ1v) is 8.66. The minimum atomic E-state index is -0.0813. The van der Waals surface area contributed by atoms with Crippen LogP contribution in [0.3, 0.4) is 0 Å². The molecule has 1 aromatic carbocycles. The Kier molecular flexibility index (Phi) is 3.34. The second-order valence-corrected chi connectivity index (χ2v) is 6.69. The van der Waals surface area contributed by atoms with Gasteiger partial charge in [-0.25, -0.2) is 0 Å². The van der Waals surface area contributed by atoms with E-state index in [-0.39, 0.29) is 11.9 Å². The molecular weight excluding hydrogens is 318 g/mol. The highest BCUT2D eigenvalue weighted by atomic mass is 16.5. The monoisotopic (exact) mass is 337 g/mol. The lowest BCUT2D eigenvalue weighted by Gasteiger charge is -2.33. The summed E-state index contributed by atoms with van der Waals surface area (Å²) >= 11 is 0. The van der Waals surface area contributed by atoms with E-state index in [1.165, 1.54) is 12.8 Å². The highest BCUT2D eigenvalue weighted by molar-refractivity contribution is 5.47. The van der Waals surface area contributed by atoms with Gasteiger partial charge in [0.25, 0.3) is 0 Å². The zero-order valence-corrected chi connectivity index (χ0v) is 13.7. The maximum absolute atomic E-state index is 9.71. The maximum Gasteiger partial charge on any atom is 0.178 e. The van der Waals surface area contributed by atoms with E-state index in [1.807, 2.05) is 28.8 Å². The molecule has 5 rings (SSSR count). The van der Waals surface area contributed by atoms with Gasteiger partial charge < -0.3 is 14.7 Å². The van der Waals surface area contributed by atoms with E-state index < -0.39 is 0 Å². The topological polar surface area (TPSA) is 75.8 Å². The van der Waals surface area contributed by atoms with Crippen LogP contribution in [0.4, 0.5) is 5.82 Å². The Labute approximate surface area is 144 Å². The molecule has 25 heavy (non-hydrogen) atoms. The molecule has 2 aliphatic rings. The van der Waals surface area contributed by atoms with Crippen LogP contribution >= 0.6 is 0 Å². The molecule has 7 heteroatoms. The number of hydrogen-bond donors (Lipinski definition) is 1. The third-order valence-corrected chi connectivity index (χ3v) is 4.85. The minimum Gasteiger partial charge on any atom is -0.508 e. The SMILES string of the molecule is Oc1cccc([C@@H]2CN(c3ccc4nnc(C5CC5)n4n3)CCO2)c1. The average molecular weight is 337 g/mol. The largest absolute Gasteiger partial charge is 0.508 e. The second kappa shape index (κ2) is 5.70. The molecule has 128 valence electrons. The summed E-state index contributed by atoms with van der Waals surface area (Å²) in [5.41, 5.74) is 1.78. The van der Waals surface area contributed by atoms with Crippen molar-refractivity contribution < 1.29 is 9.84 Å². The normalized spacial score (nSPS) is 21.0. The lowest BCUT2D eigenvalue weighted by atomic mass is 10.1. The van der Waals surface area contributed by atoms with Crippen LogP contribution in [0.2, 0.25) is 0 Å². The molecule has 0 spiro atoms. The van der Waals surface area contributed by atoms with Crippen molar-refractivity contribution in [2.45, 2.75) is 24.9 Å². The van der Waals surface area contributed by atoms with Gasteiger partial charge >= 0.3 is 0 Å². The average Bonchev–Trinajstić information content (AvgIpc) is 3.40. The first kappa shape index (κ1) is 14.7. The number of phenolic OH excluding ortho intramolecular Hbond substituents is 1. The summed E-state index contributed by atoms with van der Waals surface area (Å²) < 4.78 is 7.78. The van der Waals surface area contributed by atoms with Crippen molar-refractivity contribution >= 4 is 11.5 Å². The zero-order chi connectivity index (χ0) is 16.8. The summed E-state index contributed by atoms with van der Waals surface area (Å²) in [5.74, 6) is 2.64. The van der Waals surface area contributed by atoms with Crippen molar-refractivity contribution in [1.29, 1.82) is 0 Å². The number of fused-ring (bicyclic) bond motifs is 1. The van der Waals surface area contributed by atoms with Crippen LogP contribution in [0.1, 0.15) is 36.3 Å². The van der Waals surface area contributed by atoms with E-state index in [0.717, 1.165) is 29.4 Å². The van der Waals surface area contributed by atoms with Crippen LogP contribution in [0.25, 0.3) is 5.65 Å². The number of ether oxygens (including phenoxy) is 1. The summed E-state index contributed by atoms with van der Waals surface area (Å²) in [5, 5.41) is 23.0. The quantitative estimate of drug-likeness (QED) is 0.790. The molecule has 2 aromatic heterocycles. The van der Waals surface area contributed by atoms with Gasteiger partial charge in [-0.15, -0.1) is 15.3 Å². The highest BCUT2D eigenvalue weighted by Crippen LogP contribution is 2.38. The van der Waals surface area contributed by atoms with E-state index in [2.05, 4.69) is 15.1 Å². The molecule has 0 unspecified atom stereocenters. The predicted molar refractivity (Wildman–Crippen MR) is 91.8 cm³/mol. The Morgan fingerprint density at radius 3 is 2.88 bits per heavy atom. The summed E-state index contributed by atoms with van der Waals surface area (Å²) in [6.45, 7) is 2.11. The predicted octanol–water partition coefficient (Wildman–Crippen LogP) is 2.29. The van der Waals surface area contributed by atoms with E-state index >= 15 is 0 Å². The molecule has 7 nitrogen and oxygen atoms in total. The molecule has 1 aliphatic carbocycles. The number of anilines is 1. The number of aromatic hydroxyl groups is 1. The number of aromatic nitrogens is 4. The minimum absolute atomic E-state index is 0.0813. The second-order valence-electron chi connectivity index (χ2n) is 6.69. The molecular formula is C18H19N5O2. The van der Waals surface area contributed by atoms with Gasteiger partial charge in [-0.3, -0.25) is 0 Å². The fourth-order valence-corrected chi connectivity index (χ4v) is 3.34. The molecule has 1 atom stereocenters. The summed E-state index contributed by atoms with van der Waals surface area (Å²) in [6.07, 6.45) is 2.26. The Balaban J connectivity index is 1.44. The number of hydrogen-bond acceptors (Lipinski definition) is 6.